The summed E-state index contributed by atoms with van der Waals surface area (Å²) in [7, 11) is 0. The fourth-order valence-electron chi connectivity index (χ4n) is 3.12. The molecule has 1 saturated heterocycles. The van der Waals surface area contributed by atoms with E-state index in [2.05, 4.69) is 13.8 Å². The van der Waals surface area contributed by atoms with Gasteiger partial charge in [0.25, 0.3) is 0 Å². The Morgan fingerprint density at radius 1 is 0.625 bits per heavy atom. The van der Waals surface area contributed by atoms with Crippen molar-refractivity contribution in [2.75, 3.05) is 13.2 Å². The van der Waals surface area contributed by atoms with Crippen molar-refractivity contribution < 1.29 is 9.47 Å². The molecule has 24 heavy (non-hydrogen) atoms. The molecule has 140 valence electrons. The van der Waals surface area contributed by atoms with Gasteiger partial charge in [0.05, 0.1) is 0 Å². The van der Waals surface area contributed by atoms with Crippen LogP contribution in [0.15, 0.2) is 0 Å². The van der Waals surface area contributed by atoms with E-state index < -0.39 is 42.3 Å². The van der Waals surface area contributed by atoms with Crippen LogP contribution in [-0.4, -0.2) is 57.3 Å². The van der Waals surface area contributed by atoms with Gasteiger partial charge in [0.15, 0.2) is 0 Å². The van der Waals surface area contributed by atoms with Crippen LogP contribution in [0.25, 0.3) is 0 Å². The summed E-state index contributed by atoms with van der Waals surface area (Å²) < 4.78 is 15.6. The molecule has 0 aliphatic carbocycles. The maximum absolute atomic E-state index is 6.28. The van der Waals surface area contributed by atoms with Gasteiger partial charge in [-0.15, -0.1) is 0 Å². The molecule has 0 aromatic rings. The molecule has 1 aliphatic rings. The number of rotatable bonds is 16. The molecule has 0 N–H and O–H groups in total. The molecule has 0 saturated carbocycles. The monoisotopic (exact) mass is 552 g/mol. The predicted octanol–water partition coefficient (Wildman–Crippen LogP) is 6.00. The zero-order valence-corrected chi connectivity index (χ0v) is 22.0. The van der Waals surface area contributed by atoms with E-state index in [1.807, 2.05) is 0 Å². The van der Waals surface area contributed by atoms with E-state index in [-0.39, 0.29) is 1.82 Å². The standard InChI is InChI=1S/2C8H17.C4H6O2.2Sn/c2*1-3-5-7-8-6-4-2;1-2-5-4-6-3-1;;/h2*1,3-8H2,2H3;1-3H2;;. The van der Waals surface area contributed by atoms with Crippen molar-refractivity contribution in [3.63, 3.8) is 0 Å². The number of ether oxygens (including phenoxy) is 2. The van der Waals surface area contributed by atoms with Crippen molar-refractivity contribution in [2.45, 2.75) is 108 Å². The Hall–Kier alpha value is 1.52. The first-order valence-corrected chi connectivity index (χ1v) is 17.5. The van der Waals surface area contributed by atoms with Gasteiger partial charge in [-0.25, -0.2) is 0 Å². The third-order valence-corrected chi connectivity index (χ3v) is 19.2. The molecule has 4 radical (unpaired) electrons. The predicted molar refractivity (Wildman–Crippen MR) is 107 cm³/mol. The fourth-order valence-corrected chi connectivity index (χ4v) is 17.3. The molecule has 1 heterocycles. The Morgan fingerprint density at radius 2 is 1.04 bits per heavy atom. The molecule has 0 unspecified atom stereocenters. The first-order valence-electron chi connectivity index (χ1n) is 10.6. The van der Waals surface area contributed by atoms with E-state index in [9.17, 15) is 0 Å². The van der Waals surface area contributed by atoms with Gasteiger partial charge in [-0.2, -0.15) is 0 Å². The quantitative estimate of drug-likeness (QED) is 0.174. The van der Waals surface area contributed by atoms with Crippen molar-refractivity contribution in [3.05, 3.63) is 0 Å². The van der Waals surface area contributed by atoms with Gasteiger partial charge in [-0.3, -0.25) is 0 Å². The first-order chi connectivity index (χ1) is 11.8. The second-order valence-corrected chi connectivity index (χ2v) is 19.8. The van der Waals surface area contributed by atoms with Crippen LogP contribution in [0, 0.1) is 0 Å². The Kier molecular flexibility index (Phi) is 16.4. The van der Waals surface area contributed by atoms with Crippen LogP contribution in [0.5, 0.6) is 0 Å². The molecule has 0 spiro atoms. The third kappa shape index (κ3) is 12.0. The van der Waals surface area contributed by atoms with Crippen LogP contribution < -0.4 is 0 Å². The Labute approximate surface area is 172 Å². The number of unbranched alkanes of at least 4 members (excludes halogenated alkanes) is 10. The molecule has 0 amide bonds. The van der Waals surface area contributed by atoms with Crippen LogP contribution in [-0.2, 0) is 9.47 Å². The van der Waals surface area contributed by atoms with Gasteiger partial charge < -0.3 is 0 Å². The molecule has 0 aromatic carbocycles. The molecular weight excluding hydrogens is 510 g/mol. The summed E-state index contributed by atoms with van der Waals surface area (Å²) in [6.07, 6.45) is 18.2. The minimum absolute atomic E-state index is 0.109. The molecule has 1 fully saturated rings. The average molecular weight is 550 g/mol. The first kappa shape index (κ1) is 23.6. The normalized spacial score (nSPS) is 17.2. The summed E-state index contributed by atoms with van der Waals surface area (Å²) in [6, 6.07) is 0. The summed E-state index contributed by atoms with van der Waals surface area (Å²) in [5.41, 5.74) is 0. The second kappa shape index (κ2) is 16.7. The van der Waals surface area contributed by atoms with Gasteiger partial charge >= 0.3 is 173 Å². The molecule has 1 aliphatic heterocycles. The van der Waals surface area contributed by atoms with Gasteiger partial charge in [0.2, 0.25) is 0 Å². The SMILES string of the molecule is CCCCCCC[CH2][Sn][C]1([Sn][CH2]CCCCCCC)OCCCO1. The fraction of sp³-hybridized carbons (Fsp3) is 1.00. The van der Waals surface area contributed by atoms with Crippen LogP contribution in [0.3, 0.4) is 0 Å². The van der Waals surface area contributed by atoms with Crippen LogP contribution in [0.4, 0.5) is 0 Å². The van der Waals surface area contributed by atoms with Crippen molar-refractivity contribution in [3.8, 4) is 0 Å². The molecule has 0 bridgehead atoms. The van der Waals surface area contributed by atoms with Crippen molar-refractivity contribution in [1.82, 2.24) is 0 Å². The molecular formula is C20H40O2Sn2. The number of hydrogen-bond donors (Lipinski definition) is 0. The van der Waals surface area contributed by atoms with Crippen molar-refractivity contribution in [1.29, 1.82) is 0 Å². The zero-order chi connectivity index (χ0) is 17.3. The Morgan fingerprint density at radius 3 is 1.50 bits per heavy atom. The van der Waals surface area contributed by atoms with E-state index in [1.165, 1.54) is 85.9 Å². The van der Waals surface area contributed by atoms with E-state index in [0.717, 1.165) is 19.6 Å². The minimum atomic E-state index is -0.507. The summed E-state index contributed by atoms with van der Waals surface area (Å²) in [6.45, 7) is 6.56. The van der Waals surface area contributed by atoms with Gasteiger partial charge in [0.1, 0.15) is 0 Å². The molecule has 0 aromatic heterocycles. The summed E-state index contributed by atoms with van der Waals surface area (Å²) in [4.78, 5) is 0. The molecule has 4 heteroatoms. The third-order valence-electron chi connectivity index (χ3n) is 4.68. The Balaban J connectivity index is 2.12. The topological polar surface area (TPSA) is 18.5 Å². The van der Waals surface area contributed by atoms with Gasteiger partial charge in [-0.05, 0) is 0 Å². The maximum atomic E-state index is 6.28. The second-order valence-electron chi connectivity index (χ2n) is 7.06. The van der Waals surface area contributed by atoms with Crippen LogP contribution in [0.2, 0.25) is 8.87 Å². The average Bonchev–Trinajstić information content (AvgIpc) is 2.61. The van der Waals surface area contributed by atoms with Crippen molar-refractivity contribution in [2.24, 2.45) is 0 Å². The van der Waals surface area contributed by atoms with Crippen LogP contribution in [0.1, 0.15) is 97.3 Å². The summed E-state index contributed by atoms with van der Waals surface area (Å²) in [5.74, 6) is 0. The summed E-state index contributed by atoms with van der Waals surface area (Å²) in [5, 5.41) is 0. The number of hydrogen-bond acceptors (Lipinski definition) is 2. The molecule has 1 rings (SSSR count). The van der Waals surface area contributed by atoms with E-state index in [0.29, 0.717) is 0 Å². The molecule has 2 nitrogen and oxygen atoms in total. The molecule has 0 atom stereocenters. The van der Waals surface area contributed by atoms with E-state index in [1.54, 1.807) is 0 Å². The van der Waals surface area contributed by atoms with E-state index in [4.69, 9.17) is 9.47 Å². The van der Waals surface area contributed by atoms with Crippen molar-refractivity contribution >= 4 is 42.3 Å². The van der Waals surface area contributed by atoms with Gasteiger partial charge in [-0.1, -0.05) is 0 Å². The Bertz CT molecular complexity index is 248. The van der Waals surface area contributed by atoms with E-state index >= 15 is 0 Å². The van der Waals surface area contributed by atoms with Gasteiger partial charge in [0, 0.05) is 0 Å². The van der Waals surface area contributed by atoms with Crippen LogP contribution >= 0.6 is 0 Å². The summed E-state index contributed by atoms with van der Waals surface area (Å²) >= 11 is -1.01. The zero-order valence-electron chi connectivity index (χ0n) is 16.3.